The van der Waals surface area contributed by atoms with Crippen molar-refractivity contribution < 1.29 is 9.53 Å². The van der Waals surface area contributed by atoms with Crippen LogP contribution >= 0.6 is 15.9 Å². The van der Waals surface area contributed by atoms with Crippen molar-refractivity contribution in [1.29, 1.82) is 0 Å². The van der Waals surface area contributed by atoms with Crippen molar-refractivity contribution in [2.24, 2.45) is 0 Å². The first-order valence-corrected chi connectivity index (χ1v) is 9.45. The lowest BCUT2D eigenvalue weighted by atomic mass is 9.95. The molecule has 4 rings (SSSR count). The topological polar surface area (TPSA) is 29.5 Å². The Morgan fingerprint density at radius 1 is 1.12 bits per heavy atom. The number of hydrogen-bond donors (Lipinski definition) is 0. The fourth-order valence-electron chi connectivity index (χ4n) is 3.81. The Morgan fingerprint density at radius 3 is 2.72 bits per heavy atom. The Balaban J connectivity index is 1.47. The summed E-state index contributed by atoms with van der Waals surface area (Å²) in [4.78, 5) is 14.5. The zero-order valence-electron chi connectivity index (χ0n) is 13.9. The number of benzene rings is 2. The Morgan fingerprint density at radius 2 is 1.96 bits per heavy atom. The number of nitrogens with zero attached hydrogens (tertiary/aromatic N) is 1. The lowest BCUT2D eigenvalue weighted by Gasteiger charge is -2.33. The van der Waals surface area contributed by atoms with Crippen LogP contribution in [-0.4, -0.2) is 23.1 Å². The van der Waals surface area contributed by atoms with Gasteiger partial charge in [0.2, 0.25) is 0 Å². The van der Waals surface area contributed by atoms with Crippen molar-refractivity contribution in [3.8, 4) is 0 Å². The molecule has 1 fully saturated rings. The molecule has 2 aromatic rings. The maximum atomic E-state index is 12.6. The Bertz CT molecular complexity index is 803. The molecule has 128 valence electrons. The number of rotatable bonds is 3. The van der Waals surface area contributed by atoms with Gasteiger partial charge in [-0.25, -0.2) is 4.79 Å². The molecule has 0 radical (unpaired) electrons. The predicted molar refractivity (Wildman–Crippen MR) is 102 cm³/mol. The molecule has 2 bridgehead atoms. The highest BCUT2D eigenvalue weighted by Gasteiger charge is 2.40. The third kappa shape index (κ3) is 3.49. The molecule has 2 aromatic carbocycles. The van der Waals surface area contributed by atoms with Gasteiger partial charge in [-0.05, 0) is 48.1 Å². The van der Waals surface area contributed by atoms with Crippen LogP contribution in [0.3, 0.4) is 0 Å². The molecular formula is C21H20BrNO2. The summed E-state index contributed by atoms with van der Waals surface area (Å²) in [5.74, 6) is 0. The average Bonchev–Trinajstić information content (AvgIpc) is 2.90. The van der Waals surface area contributed by atoms with E-state index in [4.69, 9.17) is 4.74 Å². The van der Waals surface area contributed by atoms with E-state index in [1.54, 1.807) is 0 Å². The van der Waals surface area contributed by atoms with Crippen LogP contribution in [0.5, 0.6) is 0 Å². The fourth-order valence-corrected chi connectivity index (χ4v) is 4.21. The van der Waals surface area contributed by atoms with Gasteiger partial charge in [0.25, 0.3) is 0 Å². The molecule has 0 aromatic heterocycles. The highest BCUT2D eigenvalue weighted by molar-refractivity contribution is 9.10. The molecule has 3 nitrogen and oxygen atoms in total. The van der Waals surface area contributed by atoms with Crippen LogP contribution in [0.1, 0.15) is 30.4 Å². The summed E-state index contributed by atoms with van der Waals surface area (Å²) in [6, 6.07) is 18.6. The highest BCUT2D eigenvalue weighted by Crippen LogP contribution is 2.39. The van der Waals surface area contributed by atoms with Gasteiger partial charge in [-0.1, -0.05) is 64.5 Å². The number of fused-ring (bicyclic) bond motifs is 2. The van der Waals surface area contributed by atoms with E-state index < -0.39 is 0 Å². The number of amides is 1. The maximum absolute atomic E-state index is 12.6. The van der Waals surface area contributed by atoms with E-state index >= 15 is 0 Å². The number of ether oxygens (including phenoxy) is 1. The van der Waals surface area contributed by atoms with Crippen LogP contribution in [0.15, 0.2) is 65.1 Å². The van der Waals surface area contributed by atoms with Crippen LogP contribution in [-0.2, 0) is 11.3 Å². The van der Waals surface area contributed by atoms with Crippen LogP contribution in [0.2, 0.25) is 0 Å². The minimum Gasteiger partial charge on any atom is -0.445 e. The van der Waals surface area contributed by atoms with Crippen molar-refractivity contribution in [1.82, 2.24) is 4.90 Å². The van der Waals surface area contributed by atoms with Gasteiger partial charge in [0.15, 0.2) is 0 Å². The lowest BCUT2D eigenvalue weighted by Crippen LogP contribution is -2.43. The average molecular weight is 398 g/mol. The molecule has 2 aliphatic heterocycles. The molecule has 2 heterocycles. The molecule has 1 saturated heterocycles. The van der Waals surface area contributed by atoms with Crippen molar-refractivity contribution in [3.05, 3.63) is 76.3 Å². The molecular weight excluding hydrogens is 378 g/mol. The summed E-state index contributed by atoms with van der Waals surface area (Å²) in [6.07, 6.45) is 5.00. The van der Waals surface area contributed by atoms with E-state index in [0.717, 1.165) is 29.3 Å². The second-order valence-electron chi connectivity index (χ2n) is 6.65. The van der Waals surface area contributed by atoms with Gasteiger partial charge in [0, 0.05) is 10.5 Å². The third-order valence-corrected chi connectivity index (χ3v) is 5.50. The summed E-state index contributed by atoms with van der Waals surface area (Å²) >= 11 is 3.54. The second kappa shape index (κ2) is 7.04. The largest absolute Gasteiger partial charge is 0.445 e. The molecule has 2 atom stereocenters. The smallest absolute Gasteiger partial charge is 0.410 e. The molecule has 2 aliphatic rings. The zero-order valence-corrected chi connectivity index (χ0v) is 15.5. The van der Waals surface area contributed by atoms with Gasteiger partial charge >= 0.3 is 6.09 Å². The SMILES string of the molecule is O=C(OCc1ccccc1)N1C2C=C(c3cccc(Br)c3)CC1CC2. The van der Waals surface area contributed by atoms with E-state index in [9.17, 15) is 4.79 Å². The van der Waals surface area contributed by atoms with E-state index in [2.05, 4.69) is 40.2 Å². The number of carbonyl (C=O) groups excluding carboxylic acids is 1. The van der Waals surface area contributed by atoms with Gasteiger partial charge in [-0.15, -0.1) is 0 Å². The predicted octanol–water partition coefficient (Wildman–Crippen LogP) is 5.41. The van der Waals surface area contributed by atoms with Crippen molar-refractivity contribution >= 4 is 27.6 Å². The van der Waals surface area contributed by atoms with Crippen LogP contribution in [0, 0.1) is 0 Å². The molecule has 2 unspecified atom stereocenters. The van der Waals surface area contributed by atoms with Gasteiger partial charge < -0.3 is 4.74 Å². The quantitative estimate of drug-likeness (QED) is 0.692. The van der Waals surface area contributed by atoms with Crippen molar-refractivity contribution in [3.63, 3.8) is 0 Å². The maximum Gasteiger partial charge on any atom is 0.410 e. The molecule has 0 saturated carbocycles. The standard InChI is InChI=1S/C21H20BrNO2/c22-18-8-4-7-16(11-18)17-12-19-9-10-20(13-17)23(19)21(24)25-14-15-5-2-1-3-6-15/h1-8,11-12,19-20H,9-10,13-14H2. The molecule has 25 heavy (non-hydrogen) atoms. The minimum absolute atomic E-state index is 0.149. The molecule has 1 amide bonds. The first-order chi connectivity index (χ1) is 12.2. The van der Waals surface area contributed by atoms with Gasteiger partial charge in [-0.2, -0.15) is 0 Å². The van der Waals surface area contributed by atoms with Gasteiger partial charge in [-0.3, -0.25) is 4.90 Å². The van der Waals surface area contributed by atoms with E-state index in [1.807, 2.05) is 41.3 Å². The van der Waals surface area contributed by atoms with Crippen molar-refractivity contribution in [2.75, 3.05) is 0 Å². The normalized spacial score (nSPS) is 21.8. The van der Waals surface area contributed by atoms with Gasteiger partial charge in [0.05, 0.1) is 6.04 Å². The Hall–Kier alpha value is -2.07. The monoisotopic (exact) mass is 397 g/mol. The van der Waals surface area contributed by atoms with E-state index in [-0.39, 0.29) is 18.2 Å². The Kier molecular flexibility index (Phi) is 4.62. The third-order valence-electron chi connectivity index (χ3n) is 5.01. The minimum atomic E-state index is -0.194. The molecule has 0 aliphatic carbocycles. The summed E-state index contributed by atoms with van der Waals surface area (Å²) in [5, 5.41) is 0. The first kappa shape index (κ1) is 16.4. The van der Waals surface area contributed by atoms with Crippen LogP contribution in [0.25, 0.3) is 5.57 Å². The second-order valence-corrected chi connectivity index (χ2v) is 7.57. The fraction of sp³-hybridized carbons (Fsp3) is 0.286. The van der Waals surface area contributed by atoms with Crippen LogP contribution < -0.4 is 0 Å². The summed E-state index contributed by atoms with van der Waals surface area (Å²) in [6.45, 7) is 0.331. The summed E-state index contributed by atoms with van der Waals surface area (Å²) in [7, 11) is 0. The van der Waals surface area contributed by atoms with E-state index in [0.29, 0.717) is 6.61 Å². The lowest BCUT2D eigenvalue weighted by molar-refractivity contribution is 0.0832. The summed E-state index contributed by atoms with van der Waals surface area (Å²) < 4.78 is 6.64. The van der Waals surface area contributed by atoms with E-state index in [1.165, 1.54) is 11.1 Å². The molecule has 0 N–H and O–H groups in total. The molecule has 4 heteroatoms. The highest BCUT2D eigenvalue weighted by atomic mass is 79.9. The first-order valence-electron chi connectivity index (χ1n) is 8.66. The van der Waals surface area contributed by atoms with Crippen LogP contribution in [0.4, 0.5) is 4.79 Å². The number of halogens is 1. The van der Waals surface area contributed by atoms with Crippen molar-refractivity contribution in [2.45, 2.75) is 38.0 Å². The molecule has 0 spiro atoms. The zero-order chi connectivity index (χ0) is 17.2. The Labute approximate surface area is 156 Å². The number of hydrogen-bond acceptors (Lipinski definition) is 2. The van der Waals surface area contributed by atoms with Gasteiger partial charge in [0.1, 0.15) is 6.61 Å². The summed E-state index contributed by atoms with van der Waals surface area (Å²) in [5.41, 5.74) is 3.59. The number of carbonyl (C=O) groups is 1.